The maximum absolute atomic E-state index is 12.2. The van der Waals surface area contributed by atoms with Crippen molar-refractivity contribution in [1.82, 2.24) is 9.97 Å². The molecule has 1 fully saturated rings. The predicted molar refractivity (Wildman–Crippen MR) is 79.8 cm³/mol. The molecule has 0 radical (unpaired) electrons. The number of hydrogen-bond acceptors (Lipinski definition) is 3. The molecule has 4 nitrogen and oxygen atoms in total. The molecule has 3 rings (SSSR count). The second-order valence-electron chi connectivity index (χ2n) is 5.82. The Hall–Kier alpha value is -2.10. The van der Waals surface area contributed by atoms with Crippen molar-refractivity contribution in [2.24, 2.45) is 0 Å². The van der Waals surface area contributed by atoms with Crippen LogP contribution in [0.1, 0.15) is 49.6 Å². The van der Waals surface area contributed by atoms with Crippen LogP contribution in [0, 0.1) is 0 Å². The number of nitrogen functional groups attached to an aromatic ring is 1. The SMILES string of the molecule is CC(C)c1c(N)nc(C2(c3ccccc3)CC2)[nH]c1=O. The van der Waals surface area contributed by atoms with E-state index in [1.165, 1.54) is 5.56 Å². The summed E-state index contributed by atoms with van der Waals surface area (Å²) < 4.78 is 0. The average Bonchev–Trinajstić information content (AvgIpc) is 3.20. The first-order chi connectivity index (χ1) is 9.54. The van der Waals surface area contributed by atoms with Crippen LogP contribution in [0.3, 0.4) is 0 Å². The summed E-state index contributed by atoms with van der Waals surface area (Å²) in [6.07, 6.45) is 2.00. The van der Waals surface area contributed by atoms with Gasteiger partial charge >= 0.3 is 0 Å². The number of nitrogens with one attached hydrogen (secondary N) is 1. The maximum atomic E-state index is 12.2. The van der Waals surface area contributed by atoms with Crippen LogP contribution in [0.5, 0.6) is 0 Å². The third kappa shape index (κ3) is 1.92. The number of H-pyrrole nitrogens is 1. The van der Waals surface area contributed by atoms with Gasteiger partial charge in [-0.15, -0.1) is 0 Å². The summed E-state index contributed by atoms with van der Waals surface area (Å²) in [5, 5.41) is 0. The number of nitrogens with two attached hydrogens (primary N) is 1. The van der Waals surface area contributed by atoms with E-state index in [-0.39, 0.29) is 16.9 Å². The molecule has 20 heavy (non-hydrogen) atoms. The molecule has 0 saturated heterocycles. The van der Waals surface area contributed by atoms with E-state index < -0.39 is 0 Å². The molecular formula is C16H19N3O. The summed E-state index contributed by atoms with van der Waals surface area (Å²) in [6.45, 7) is 3.90. The molecule has 1 aromatic heterocycles. The predicted octanol–water partition coefficient (Wildman–Crippen LogP) is 2.56. The Balaban J connectivity index is 2.11. The Kier molecular flexibility index (Phi) is 2.89. The van der Waals surface area contributed by atoms with E-state index in [4.69, 9.17) is 5.73 Å². The van der Waals surface area contributed by atoms with Gasteiger partial charge in [0.1, 0.15) is 11.6 Å². The molecule has 4 heteroatoms. The average molecular weight is 269 g/mol. The van der Waals surface area contributed by atoms with Gasteiger partial charge in [0.2, 0.25) is 0 Å². The number of aromatic amines is 1. The summed E-state index contributed by atoms with van der Waals surface area (Å²) >= 11 is 0. The fourth-order valence-electron chi connectivity index (χ4n) is 2.83. The first-order valence-electron chi connectivity index (χ1n) is 7.00. The molecule has 1 aromatic carbocycles. The first-order valence-corrected chi connectivity index (χ1v) is 7.00. The number of aromatic nitrogens is 2. The van der Waals surface area contributed by atoms with Gasteiger partial charge in [-0.1, -0.05) is 44.2 Å². The van der Waals surface area contributed by atoms with Crippen molar-refractivity contribution in [3.63, 3.8) is 0 Å². The molecule has 1 saturated carbocycles. The monoisotopic (exact) mass is 269 g/mol. The number of rotatable bonds is 3. The van der Waals surface area contributed by atoms with Gasteiger partial charge in [-0.3, -0.25) is 4.79 Å². The molecule has 2 aromatic rings. The van der Waals surface area contributed by atoms with Crippen molar-refractivity contribution >= 4 is 5.82 Å². The van der Waals surface area contributed by atoms with Crippen LogP contribution in [0.2, 0.25) is 0 Å². The highest BCUT2D eigenvalue weighted by atomic mass is 16.1. The minimum absolute atomic E-state index is 0.0761. The van der Waals surface area contributed by atoms with E-state index in [0.29, 0.717) is 17.2 Å². The summed E-state index contributed by atoms with van der Waals surface area (Å²) in [5.41, 5.74) is 7.51. The number of nitrogens with zero attached hydrogens (tertiary/aromatic N) is 1. The van der Waals surface area contributed by atoms with Gasteiger partial charge in [-0.2, -0.15) is 0 Å². The smallest absolute Gasteiger partial charge is 0.256 e. The molecule has 0 atom stereocenters. The molecule has 0 aliphatic heterocycles. The van der Waals surface area contributed by atoms with Crippen LogP contribution in [-0.2, 0) is 5.41 Å². The molecule has 0 spiro atoms. The quantitative estimate of drug-likeness (QED) is 0.899. The number of anilines is 1. The van der Waals surface area contributed by atoms with Crippen LogP contribution in [0.25, 0.3) is 0 Å². The lowest BCUT2D eigenvalue weighted by molar-refractivity contribution is 0.731. The Morgan fingerprint density at radius 3 is 2.40 bits per heavy atom. The molecule has 1 aliphatic rings. The van der Waals surface area contributed by atoms with E-state index in [0.717, 1.165) is 12.8 Å². The van der Waals surface area contributed by atoms with Gasteiger partial charge in [0.15, 0.2) is 0 Å². The van der Waals surface area contributed by atoms with Gasteiger partial charge in [0.25, 0.3) is 5.56 Å². The first kappa shape index (κ1) is 12.9. The fraction of sp³-hybridized carbons (Fsp3) is 0.375. The Morgan fingerprint density at radius 1 is 1.25 bits per heavy atom. The van der Waals surface area contributed by atoms with Crippen molar-refractivity contribution in [3.05, 3.63) is 57.6 Å². The molecule has 0 amide bonds. The van der Waals surface area contributed by atoms with Crippen LogP contribution in [0.4, 0.5) is 5.82 Å². The molecule has 3 N–H and O–H groups in total. The van der Waals surface area contributed by atoms with E-state index in [1.807, 2.05) is 32.0 Å². The summed E-state index contributed by atoms with van der Waals surface area (Å²) in [4.78, 5) is 19.7. The van der Waals surface area contributed by atoms with Gasteiger partial charge in [0, 0.05) is 0 Å². The fourth-order valence-corrected chi connectivity index (χ4v) is 2.83. The zero-order valence-electron chi connectivity index (χ0n) is 11.8. The van der Waals surface area contributed by atoms with Crippen LogP contribution >= 0.6 is 0 Å². The van der Waals surface area contributed by atoms with Crippen LogP contribution < -0.4 is 11.3 Å². The lowest BCUT2D eigenvalue weighted by Crippen LogP contribution is -2.25. The molecule has 1 aliphatic carbocycles. The minimum Gasteiger partial charge on any atom is -0.383 e. The minimum atomic E-state index is -0.149. The number of benzene rings is 1. The zero-order chi connectivity index (χ0) is 14.3. The zero-order valence-corrected chi connectivity index (χ0v) is 11.8. The highest BCUT2D eigenvalue weighted by molar-refractivity contribution is 5.45. The van der Waals surface area contributed by atoms with Gasteiger partial charge in [-0.25, -0.2) is 4.98 Å². The lowest BCUT2D eigenvalue weighted by atomic mass is 9.94. The highest BCUT2D eigenvalue weighted by Crippen LogP contribution is 2.51. The molecule has 0 unspecified atom stereocenters. The summed E-state index contributed by atoms with van der Waals surface area (Å²) in [5.74, 6) is 1.14. The summed E-state index contributed by atoms with van der Waals surface area (Å²) in [6, 6.07) is 10.2. The van der Waals surface area contributed by atoms with Crippen LogP contribution in [0.15, 0.2) is 35.1 Å². The van der Waals surface area contributed by atoms with Gasteiger partial charge in [0.05, 0.1) is 11.0 Å². The molecule has 1 heterocycles. The standard InChI is InChI=1S/C16H19N3O/c1-10(2)12-13(17)18-15(19-14(12)20)16(8-9-16)11-6-4-3-5-7-11/h3-7,10H,8-9H2,1-2H3,(H3,17,18,19,20). The lowest BCUT2D eigenvalue weighted by Gasteiger charge is -2.17. The Morgan fingerprint density at radius 2 is 1.90 bits per heavy atom. The van der Waals surface area contributed by atoms with Crippen LogP contribution in [-0.4, -0.2) is 9.97 Å². The largest absolute Gasteiger partial charge is 0.383 e. The third-order valence-corrected chi connectivity index (χ3v) is 4.09. The second-order valence-corrected chi connectivity index (χ2v) is 5.82. The summed E-state index contributed by atoms with van der Waals surface area (Å²) in [7, 11) is 0. The third-order valence-electron chi connectivity index (χ3n) is 4.09. The topological polar surface area (TPSA) is 71.8 Å². The highest BCUT2D eigenvalue weighted by Gasteiger charge is 2.48. The van der Waals surface area contributed by atoms with Gasteiger partial charge < -0.3 is 10.7 Å². The number of hydrogen-bond donors (Lipinski definition) is 2. The van der Waals surface area contributed by atoms with E-state index in [9.17, 15) is 4.79 Å². The Bertz CT molecular complexity index is 685. The normalized spacial score (nSPS) is 16.4. The molecule has 0 bridgehead atoms. The van der Waals surface area contributed by atoms with Crippen molar-refractivity contribution in [3.8, 4) is 0 Å². The van der Waals surface area contributed by atoms with Crippen molar-refractivity contribution < 1.29 is 0 Å². The van der Waals surface area contributed by atoms with Crippen molar-refractivity contribution in [2.75, 3.05) is 5.73 Å². The van der Waals surface area contributed by atoms with Gasteiger partial charge in [-0.05, 0) is 24.3 Å². The molecule has 104 valence electrons. The van der Waals surface area contributed by atoms with Crippen molar-refractivity contribution in [1.29, 1.82) is 0 Å². The van der Waals surface area contributed by atoms with E-state index >= 15 is 0 Å². The van der Waals surface area contributed by atoms with E-state index in [1.54, 1.807) is 0 Å². The Labute approximate surface area is 118 Å². The molecular weight excluding hydrogens is 250 g/mol. The van der Waals surface area contributed by atoms with Crippen molar-refractivity contribution in [2.45, 2.75) is 38.0 Å². The van der Waals surface area contributed by atoms with E-state index in [2.05, 4.69) is 22.1 Å². The second kappa shape index (κ2) is 4.47. The maximum Gasteiger partial charge on any atom is 0.256 e.